The van der Waals surface area contributed by atoms with Crippen molar-refractivity contribution in [1.29, 1.82) is 0 Å². The van der Waals surface area contributed by atoms with Crippen LogP contribution in [0.4, 0.5) is 0 Å². The smallest absolute Gasteiger partial charge is 0.336 e. The summed E-state index contributed by atoms with van der Waals surface area (Å²) in [5, 5.41) is 30.1. The lowest BCUT2D eigenvalue weighted by Crippen LogP contribution is -2.57. The minimum Gasteiger partial charge on any atom is -0.463 e. The summed E-state index contributed by atoms with van der Waals surface area (Å²) in [4.78, 5) is 71.0. The van der Waals surface area contributed by atoms with E-state index >= 15 is 0 Å². The first-order valence-electron chi connectivity index (χ1n) is 9.72. The van der Waals surface area contributed by atoms with Crippen molar-refractivity contribution in [3.05, 3.63) is 31.5 Å². The Morgan fingerprint density at radius 3 is 1.00 bits per heavy atom. The van der Waals surface area contributed by atoms with Crippen molar-refractivity contribution in [2.24, 2.45) is 0 Å². The number of aliphatic hydroxyl groups is 3. The van der Waals surface area contributed by atoms with Gasteiger partial charge in [-0.25, -0.2) is 28.1 Å². The van der Waals surface area contributed by atoms with Crippen LogP contribution in [0.1, 0.15) is 20.8 Å². The summed E-state index contributed by atoms with van der Waals surface area (Å²) in [6.07, 6.45) is -4.51. The maximum atomic E-state index is 12.8. The van der Waals surface area contributed by atoms with Gasteiger partial charge in [-0.05, 0) is 0 Å². The summed E-state index contributed by atoms with van der Waals surface area (Å²) in [6, 6.07) is 0. The maximum Gasteiger partial charge on any atom is 0.336 e. The lowest BCUT2D eigenvalue weighted by molar-refractivity contribution is -0.144. The quantitative estimate of drug-likeness (QED) is 0.194. The van der Waals surface area contributed by atoms with E-state index in [1.54, 1.807) is 0 Å². The average Bonchev–Trinajstić information content (AvgIpc) is 2.72. The number of esters is 3. The van der Waals surface area contributed by atoms with E-state index in [0.29, 0.717) is 13.7 Å². The Kier molecular flexibility index (Phi) is 10.6. The van der Waals surface area contributed by atoms with Crippen LogP contribution in [-0.2, 0) is 48.2 Å². The molecule has 1 heterocycles. The maximum absolute atomic E-state index is 12.8. The molecule has 0 radical (unpaired) electrons. The second-order valence-corrected chi connectivity index (χ2v) is 7.05. The predicted molar refractivity (Wildman–Crippen MR) is 107 cm³/mol. The van der Waals surface area contributed by atoms with Gasteiger partial charge in [0.2, 0.25) is 0 Å². The summed E-state index contributed by atoms with van der Waals surface area (Å²) in [5.41, 5.74) is -3.63. The van der Waals surface area contributed by atoms with E-state index in [9.17, 15) is 44.1 Å². The molecule has 15 nitrogen and oxygen atoms in total. The van der Waals surface area contributed by atoms with Gasteiger partial charge in [-0.1, -0.05) is 0 Å². The van der Waals surface area contributed by atoms with E-state index in [1.807, 2.05) is 0 Å². The molecule has 0 spiro atoms. The van der Waals surface area contributed by atoms with Crippen LogP contribution in [0.3, 0.4) is 0 Å². The monoisotopic (exact) mass is 477 g/mol. The van der Waals surface area contributed by atoms with Crippen molar-refractivity contribution in [3.8, 4) is 0 Å². The highest BCUT2D eigenvalue weighted by Gasteiger charge is 2.22. The van der Waals surface area contributed by atoms with Crippen molar-refractivity contribution in [3.63, 3.8) is 0 Å². The van der Waals surface area contributed by atoms with Crippen LogP contribution in [0.5, 0.6) is 0 Å². The SMILES string of the molecule is CC(=O)OC[C@@H](O)Cn1c(=O)n(C[C@H](O)COC(C)=O)c(=O)n(C[C@H](O)COC(C)=O)c1=O. The molecule has 0 unspecified atom stereocenters. The summed E-state index contributed by atoms with van der Waals surface area (Å²) >= 11 is 0. The molecule has 0 aromatic carbocycles. The molecule has 1 aromatic rings. The van der Waals surface area contributed by atoms with E-state index in [4.69, 9.17) is 0 Å². The molecule has 0 aliphatic rings. The van der Waals surface area contributed by atoms with Gasteiger partial charge in [0.1, 0.15) is 38.1 Å². The molecule has 0 fully saturated rings. The Balaban J connectivity index is 3.38. The van der Waals surface area contributed by atoms with Gasteiger partial charge in [-0.3, -0.25) is 14.4 Å². The Hall–Kier alpha value is -3.30. The second-order valence-electron chi connectivity index (χ2n) is 7.05. The van der Waals surface area contributed by atoms with E-state index in [2.05, 4.69) is 14.2 Å². The van der Waals surface area contributed by atoms with E-state index in [1.165, 1.54) is 0 Å². The molecular weight excluding hydrogens is 450 g/mol. The van der Waals surface area contributed by atoms with Crippen LogP contribution >= 0.6 is 0 Å². The number of aromatic nitrogens is 3. The van der Waals surface area contributed by atoms with Gasteiger partial charge in [0.05, 0.1) is 19.6 Å². The first-order valence-corrected chi connectivity index (χ1v) is 9.72. The molecule has 0 aliphatic heterocycles. The van der Waals surface area contributed by atoms with E-state index < -0.39 is 92.7 Å². The third kappa shape index (κ3) is 8.99. The van der Waals surface area contributed by atoms with Crippen LogP contribution in [0.15, 0.2) is 14.4 Å². The first-order chi connectivity index (χ1) is 15.3. The zero-order chi connectivity index (χ0) is 25.3. The van der Waals surface area contributed by atoms with Gasteiger partial charge >= 0.3 is 35.0 Å². The van der Waals surface area contributed by atoms with Crippen LogP contribution in [0, 0.1) is 0 Å². The minimum absolute atomic E-state index is 0.451. The largest absolute Gasteiger partial charge is 0.463 e. The fourth-order valence-corrected chi connectivity index (χ4v) is 2.58. The molecule has 1 rings (SSSR count). The van der Waals surface area contributed by atoms with Crippen molar-refractivity contribution < 1.29 is 43.9 Å². The molecule has 1 aromatic heterocycles. The van der Waals surface area contributed by atoms with Crippen molar-refractivity contribution in [2.45, 2.75) is 58.7 Å². The lowest BCUT2D eigenvalue weighted by atomic mass is 10.3. The van der Waals surface area contributed by atoms with Crippen LogP contribution in [-0.4, -0.2) is 85.1 Å². The summed E-state index contributed by atoms with van der Waals surface area (Å²) < 4.78 is 15.2. The predicted octanol–water partition coefficient (Wildman–Crippen LogP) is -4.06. The lowest BCUT2D eigenvalue weighted by Gasteiger charge is -2.19. The van der Waals surface area contributed by atoms with Crippen molar-refractivity contribution in [1.82, 2.24) is 13.7 Å². The highest BCUT2D eigenvalue weighted by molar-refractivity contribution is 5.66. The molecule has 0 saturated carbocycles. The van der Waals surface area contributed by atoms with Gasteiger partial charge in [0.25, 0.3) is 0 Å². The minimum atomic E-state index is -1.50. The second kappa shape index (κ2) is 12.7. The third-order valence-corrected chi connectivity index (χ3v) is 4.00. The van der Waals surface area contributed by atoms with Crippen molar-refractivity contribution in [2.75, 3.05) is 19.8 Å². The highest BCUT2D eigenvalue weighted by atomic mass is 16.5. The number of carbonyl (C=O) groups is 3. The van der Waals surface area contributed by atoms with Crippen molar-refractivity contribution >= 4 is 17.9 Å². The topological polar surface area (TPSA) is 206 Å². The molecule has 15 heteroatoms. The molecule has 0 aliphatic carbocycles. The normalized spacial score (nSPS) is 13.6. The number of ether oxygens (including phenoxy) is 3. The molecule has 0 amide bonds. The Morgan fingerprint density at radius 2 is 0.818 bits per heavy atom. The number of carbonyl (C=O) groups excluding carboxylic acids is 3. The summed E-state index contributed by atoms with van der Waals surface area (Å²) in [7, 11) is 0. The molecule has 186 valence electrons. The Bertz CT molecular complexity index is 865. The molecule has 0 saturated heterocycles. The number of aliphatic hydroxyl groups excluding tert-OH is 3. The summed E-state index contributed by atoms with van der Waals surface area (Å²) in [5.74, 6) is -2.15. The molecular formula is C18H27N3O12. The summed E-state index contributed by atoms with van der Waals surface area (Å²) in [6.45, 7) is -0.468. The van der Waals surface area contributed by atoms with E-state index in [0.717, 1.165) is 20.8 Å². The number of nitrogens with zero attached hydrogens (tertiary/aromatic N) is 3. The number of hydrogen-bond donors (Lipinski definition) is 3. The van der Waals surface area contributed by atoms with Crippen LogP contribution in [0.25, 0.3) is 0 Å². The van der Waals surface area contributed by atoms with Gasteiger partial charge in [-0.15, -0.1) is 0 Å². The van der Waals surface area contributed by atoms with Crippen LogP contribution in [0.2, 0.25) is 0 Å². The number of hydrogen-bond acceptors (Lipinski definition) is 12. The zero-order valence-corrected chi connectivity index (χ0v) is 18.3. The molecule has 33 heavy (non-hydrogen) atoms. The van der Waals surface area contributed by atoms with Gasteiger partial charge in [-0.2, -0.15) is 0 Å². The molecule has 0 bridgehead atoms. The van der Waals surface area contributed by atoms with Gasteiger partial charge < -0.3 is 29.5 Å². The third-order valence-electron chi connectivity index (χ3n) is 4.00. The molecule has 3 atom stereocenters. The fraction of sp³-hybridized carbons (Fsp3) is 0.667. The fourth-order valence-electron chi connectivity index (χ4n) is 2.58. The average molecular weight is 477 g/mol. The Labute approximate surface area is 186 Å². The first kappa shape index (κ1) is 27.7. The molecule has 3 N–H and O–H groups in total. The van der Waals surface area contributed by atoms with Crippen LogP contribution < -0.4 is 17.1 Å². The van der Waals surface area contributed by atoms with Gasteiger partial charge in [0, 0.05) is 20.8 Å². The highest BCUT2D eigenvalue weighted by Crippen LogP contribution is 1.94. The standard InChI is InChI=1S/C18H27N3O12/c1-10(22)31-7-13(25)4-19-16(28)20(5-14(26)8-32-11(2)23)18(30)21(17(19)29)6-15(27)9-33-12(3)24/h13-15,25-27H,4-9H2,1-3H3/t13-,14-,15-/m0/s1. The van der Waals surface area contributed by atoms with E-state index in [-0.39, 0.29) is 0 Å². The zero-order valence-electron chi connectivity index (χ0n) is 18.3. The Morgan fingerprint density at radius 1 is 0.606 bits per heavy atom. The van der Waals surface area contributed by atoms with Gasteiger partial charge in [0.15, 0.2) is 0 Å². The number of rotatable bonds is 12.